The Bertz CT molecular complexity index is 361. The van der Waals surface area contributed by atoms with E-state index in [2.05, 4.69) is 10.2 Å². The highest BCUT2D eigenvalue weighted by Gasteiger charge is 2.12. The Morgan fingerprint density at radius 2 is 2.24 bits per heavy atom. The molecule has 1 aromatic heterocycles. The summed E-state index contributed by atoms with van der Waals surface area (Å²) < 4.78 is 5.33. The molecule has 0 saturated carbocycles. The largest absolute Gasteiger partial charge is 0.454 e. The van der Waals surface area contributed by atoms with Crippen molar-refractivity contribution in [2.24, 2.45) is 0 Å². The van der Waals surface area contributed by atoms with Gasteiger partial charge in [0, 0.05) is 6.54 Å². The number of hydrogen-bond acceptors (Lipinski definition) is 3. The first-order chi connectivity index (χ1) is 8.00. The number of carbonyl (C=O) groups excluding carboxylic acids is 1. The summed E-state index contributed by atoms with van der Waals surface area (Å²) in [7, 11) is 4.00. The monoisotopic (exact) mass is 258 g/mol. The van der Waals surface area contributed by atoms with Gasteiger partial charge in [-0.05, 0) is 46.1 Å². The van der Waals surface area contributed by atoms with Crippen LogP contribution < -0.4 is 5.32 Å². The van der Waals surface area contributed by atoms with Crippen LogP contribution in [0.25, 0.3) is 0 Å². The fourth-order valence-corrected chi connectivity index (χ4v) is 1.49. The average molecular weight is 259 g/mol. The molecule has 0 radical (unpaired) electrons. The summed E-state index contributed by atoms with van der Waals surface area (Å²) in [5.74, 6) is 0.745. The van der Waals surface area contributed by atoms with Crippen LogP contribution in [0.5, 0.6) is 0 Å². The van der Waals surface area contributed by atoms with E-state index in [0.29, 0.717) is 18.1 Å². The number of hydrogen-bond donors (Lipinski definition) is 1. The van der Waals surface area contributed by atoms with Crippen molar-refractivity contribution in [2.45, 2.75) is 18.7 Å². The lowest BCUT2D eigenvalue weighted by atomic mass is 10.3. The van der Waals surface area contributed by atoms with Crippen LogP contribution in [0.15, 0.2) is 16.5 Å². The third-order valence-electron chi connectivity index (χ3n) is 2.31. The quantitative estimate of drug-likeness (QED) is 0.629. The van der Waals surface area contributed by atoms with Crippen LogP contribution in [0.4, 0.5) is 0 Å². The van der Waals surface area contributed by atoms with Gasteiger partial charge in [-0.3, -0.25) is 4.79 Å². The number of furan rings is 1. The number of halogens is 1. The second-order valence-corrected chi connectivity index (χ2v) is 4.89. The smallest absolute Gasteiger partial charge is 0.286 e. The average Bonchev–Trinajstić information content (AvgIpc) is 2.73. The van der Waals surface area contributed by atoms with Gasteiger partial charge in [-0.2, -0.15) is 0 Å². The van der Waals surface area contributed by atoms with Crippen LogP contribution >= 0.6 is 11.6 Å². The summed E-state index contributed by atoms with van der Waals surface area (Å²) in [5.41, 5.74) is 0. The first kappa shape index (κ1) is 14.1. The van der Waals surface area contributed by atoms with Gasteiger partial charge in [0.05, 0.1) is 5.38 Å². The van der Waals surface area contributed by atoms with Crippen molar-refractivity contribution in [1.29, 1.82) is 0 Å². The summed E-state index contributed by atoms with van der Waals surface area (Å²) in [5, 5.41) is 2.59. The highest BCUT2D eigenvalue weighted by molar-refractivity contribution is 6.20. The zero-order valence-corrected chi connectivity index (χ0v) is 11.3. The molecule has 1 aromatic rings. The van der Waals surface area contributed by atoms with Crippen LogP contribution in [0.3, 0.4) is 0 Å². The lowest BCUT2D eigenvalue weighted by Gasteiger charge is -2.09. The third-order valence-corrected chi connectivity index (χ3v) is 2.53. The lowest BCUT2D eigenvalue weighted by Crippen LogP contribution is -2.26. The normalized spacial score (nSPS) is 12.8. The van der Waals surface area contributed by atoms with Gasteiger partial charge in [0.15, 0.2) is 5.76 Å². The Morgan fingerprint density at radius 3 is 2.76 bits per heavy atom. The van der Waals surface area contributed by atoms with E-state index in [4.69, 9.17) is 16.0 Å². The number of rotatable bonds is 6. The molecule has 1 amide bonds. The van der Waals surface area contributed by atoms with Gasteiger partial charge in [-0.25, -0.2) is 0 Å². The molecule has 1 atom stereocenters. The lowest BCUT2D eigenvalue weighted by molar-refractivity contribution is 0.0923. The van der Waals surface area contributed by atoms with Crippen molar-refractivity contribution < 1.29 is 9.21 Å². The molecule has 17 heavy (non-hydrogen) atoms. The van der Waals surface area contributed by atoms with Crippen LogP contribution in [-0.2, 0) is 0 Å². The fourth-order valence-electron chi connectivity index (χ4n) is 1.37. The van der Waals surface area contributed by atoms with Crippen LogP contribution in [0.1, 0.15) is 35.0 Å². The third kappa shape index (κ3) is 4.79. The maximum atomic E-state index is 11.7. The van der Waals surface area contributed by atoms with Crippen molar-refractivity contribution in [1.82, 2.24) is 10.2 Å². The van der Waals surface area contributed by atoms with E-state index >= 15 is 0 Å². The van der Waals surface area contributed by atoms with Crippen LogP contribution in [0.2, 0.25) is 0 Å². The second kappa shape index (κ2) is 6.67. The molecule has 1 rings (SSSR count). The highest BCUT2D eigenvalue weighted by Crippen LogP contribution is 2.21. The van der Waals surface area contributed by atoms with Gasteiger partial charge in [0.2, 0.25) is 0 Å². The summed E-state index contributed by atoms with van der Waals surface area (Å²) in [6, 6.07) is 3.38. The van der Waals surface area contributed by atoms with Crippen molar-refractivity contribution in [3.8, 4) is 0 Å². The molecular formula is C12H19ClN2O2. The summed E-state index contributed by atoms with van der Waals surface area (Å²) >= 11 is 5.85. The van der Waals surface area contributed by atoms with Gasteiger partial charge >= 0.3 is 0 Å². The van der Waals surface area contributed by atoms with E-state index in [9.17, 15) is 4.79 Å². The summed E-state index contributed by atoms with van der Waals surface area (Å²) in [4.78, 5) is 13.7. The van der Waals surface area contributed by atoms with Gasteiger partial charge < -0.3 is 14.6 Å². The first-order valence-corrected chi connectivity index (χ1v) is 6.11. The SMILES string of the molecule is CC(Cl)c1ccc(C(=O)NCCCN(C)C)o1. The highest BCUT2D eigenvalue weighted by atomic mass is 35.5. The molecule has 0 spiro atoms. The van der Waals surface area contributed by atoms with E-state index < -0.39 is 0 Å². The van der Waals surface area contributed by atoms with E-state index in [1.165, 1.54) is 0 Å². The first-order valence-electron chi connectivity index (χ1n) is 5.67. The number of alkyl halides is 1. The maximum Gasteiger partial charge on any atom is 0.286 e. The van der Waals surface area contributed by atoms with E-state index in [0.717, 1.165) is 13.0 Å². The standard InChI is InChI=1S/C12H19ClN2O2/c1-9(13)10-5-6-11(17-10)12(16)14-7-4-8-15(2)3/h5-6,9H,4,7-8H2,1-3H3,(H,14,16). The molecule has 1 unspecified atom stereocenters. The van der Waals surface area contributed by atoms with Crippen molar-refractivity contribution in [2.75, 3.05) is 27.2 Å². The molecule has 0 bridgehead atoms. The molecule has 5 heteroatoms. The minimum atomic E-state index is -0.217. The molecular weight excluding hydrogens is 240 g/mol. The zero-order chi connectivity index (χ0) is 12.8. The molecule has 0 fully saturated rings. The van der Waals surface area contributed by atoms with Crippen molar-refractivity contribution >= 4 is 17.5 Å². The van der Waals surface area contributed by atoms with Crippen LogP contribution in [0, 0.1) is 0 Å². The minimum absolute atomic E-state index is 0.188. The molecule has 1 heterocycles. The van der Waals surface area contributed by atoms with E-state index in [1.54, 1.807) is 19.1 Å². The molecule has 1 N–H and O–H groups in total. The van der Waals surface area contributed by atoms with E-state index in [1.807, 2.05) is 14.1 Å². The van der Waals surface area contributed by atoms with Gasteiger partial charge in [0.25, 0.3) is 5.91 Å². The second-order valence-electron chi connectivity index (χ2n) is 4.23. The van der Waals surface area contributed by atoms with E-state index in [-0.39, 0.29) is 11.3 Å². The Kier molecular flexibility index (Phi) is 5.51. The maximum absolute atomic E-state index is 11.7. The number of carbonyl (C=O) groups is 1. The number of nitrogens with one attached hydrogen (secondary N) is 1. The summed E-state index contributed by atoms with van der Waals surface area (Å²) in [6.45, 7) is 3.39. The predicted molar refractivity (Wildman–Crippen MR) is 68.5 cm³/mol. The van der Waals surface area contributed by atoms with Crippen molar-refractivity contribution in [3.05, 3.63) is 23.7 Å². The van der Waals surface area contributed by atoms with Gasteiger partial charge in [0.1, 0.15) is 5.76 Å². The molecule has 0 aliphatic carbocycles. The molecule has 4 nitrogen and oxygen atoms in total. The Balaban J connectivity index is 2.36. The Hall–Kier alpha value is -1.00. The zero-order valence-electron chi connectivity index (χ0n) is 10.5. The summed E-state index contributed by atoms with van der Waals surface area (Å²) in [6.07, 6.45) is 0.915. The number of nitrogens with zero attached hydrogens (tertiary/aromatic N) is 1. The molecule has 0 aromatic carbocycles. The Labute approximate surface area is 107 Å². The minimum Gasteiger partial charge on any atom is -0.454 e. The Morgan fingerprint density at radius 1 is 1.53 bits per heavy atom. The molecule has 0 aliphatic rings. The van der Waals surface area contributed by atoms with Crippen LogP contribution in [-0.4, -0.2) is 38.0 Å². The molecule has 0 aliphatic heterocycles. The number of amides is 1. The van der Waals surface area contributed by atoms with Gasteiger partial charge in [-0.15, -0.1) is 11.6 Å². The topological polar surface area (TPSA) is 45.5 Å². The molecule has 0 saturated heterocycles. The van der Waals surface area contributed by atoms with Crippen molar-refractivity contribution in [3.63, 3.8) is 0 Å². The molecule has 96 valence electrons. The fraction of sp³-hybridized carbons (Fsp3) is 0.583. The predicted octanol–water partition coefficient (Wildman–Crippen LogP) is 2.26. The van der Waals surface area contributed by atoms with Gasteiger partial charge in [-0.1, -0.05) is 0 Å².